The highest BCUT2D eigenvalue weighted by Crippen LogP contribution is 2.42. The first-order valence-corrected chi connectivity index (χ1v) is 7.38. The lowest BCUT2D eigenvalue weighted by Gasteiger charge is -2.21. The highest BCUT2D eigenvalue weighted by atomic mass is 19.4. The van der Waals surface area contributed by atoms with Crippen molar-refractivity contribution < 1.29 is 40.7 Å². The molecule has 0 N–H and O–H groups in total. The summed E-state index contributed by atoms with van der Waals surface area (Å²) in [5.41, 5.74) is -2.13. The normalized spacial score (nSPS) is 14.5. The molecule has 0 radical (unpaired) electrons. The van der Waals surface area contributed by atoms with Gasteiger partial charge in [-0.1, -0.05) is 18.2 Å². The van der Waals surface area contributed by atoms with Crippen LogP contribution in [0.25, 0.3) is 0 Å². The number of benzene rings is 2. The summed E-state index contributed by atoms with van der Waals surface area (Å²) in [6.07, 6.45) is -9.77. The van der Waals surface area contributed by atoms with E-state index in [9.17, 15) is 35.9 Å². The van der Waals surface area contributed by atoms with Crippen molar-refractivity contribution in [2.24, 2.45) is 0 Å². The lowest BCUT2D eigenvalue weighted by molar-refractivity contribution is -0.274. The quantitative estimate of drug-likeness (QED) is 0.580. The van der Waals surface area contributed by atoms with E-state index in [1.165, 1.54) is 12.1 Å². The van der Waals surface area contributed by atoms with E-state index < -0.39 is 53.3 Å². The summed E-state index contributed by atoms with van der Waals surface area (Å²) in [4.78, 5) is 24.8. The third-order valence-corrected chi connectivity index (χ3v) is 3.77. The highest BCUT2D eigenvalue weighted by Gasteiger charge is 2.44. The van der Waals surface area contributed by atoms with Gasteiger partial charge in [-0.3, -0.25) is 14.5 Å². The Morgan fingerprint density at radius 1 is 0.926 bits per heavy atom. The molecule has 0 saturated carbocycles. The molecule has 0 bridgehead atoms. The Morgan fingerprint density at radius 3 is 2.22 bits per heavy atom. The van der Waals surface area contributed by atoms with Crippen LogP contribution in [-0.4, -0.2) is 18.1 Å². The minimum atomic E-state index is -4.95. The third-order valence-electron chi connectivity index (χ3n) is 3.77. The predicted octanol–water partition coefficient (Wildman–Crippen LogP) is 4.33. The smallest absolute Gasteiger partial charge is 0.406 e. The number of anilines is 1. The summed E-state index contributed by atoms with van der Waals surface area (Å²) in [6.45, 7) is -0.528. The van der Waals surface area contributed by atoms with Gasteiger partial charge in [0.25, 0.3) is 11.7 Å². The number of fused-ring (bicyclic) bond motifs is 1. The van der Waals surface area contributed by atoms with Crippen LogP contribution in [-0.2, 0) is 17.5 Å². The van der Waals surface area contributed by atoms with Gasteiger partial charge in [0.1, 0.15) is 5.75 Å². The Kier molecular flexibility index (Phi) is 4.37. The van der Waals surface area contributed by atoms with Crippen molar-refractivity contribution in [3.63, 3.8) is 0 Å². The van der Waals surface area contributed by atoms with Crippen LogP contribution < -0.4 is 9.64 Å². The summed E-state index contributed by atoms with van der Waals surface area (Å²) >= 11 is 0. The number of para-hydroxylation sites is 1. The van der Waals surface area contributed by atoms with Crippen LogP contribution in [0.2, 0.25) is 0 Å². The number of ketones is 1. The monoisotopic (exact) mass is 389 g/mol. The molecule has 1 aliphatic heterocycles. The maximum absolute atomic E-state index is 13.3. The molecule has 0 aliphatic carbocycles. The summed E-state index contributed by atoms with van der Waals surface area (Å²) in [5.74, 6) is -2.90. The van der Waals surface area contributed by atoms with Crippen molar-refractivity contribution in [3.05, 3.63) is 59.2 Å². The van der Waals surface area contributed by atoms with Gasteiger partial charge in [-0.05, 0) is 29.8 Å². The van der Waals surface area contributed by atoms with E-state index in [4.69, 9.17) is 0 Å². The van der Waals surface area contributed by atoms with Gasteiger partial charge in [-0.15, -0.1) is 13.2 Å². The van der Waals surface area contributed by atoms with Gasteiger partial charge < -0.3 is 4.74 Å². The second-order valence-electron chi connectivity index (χ2n) is 5.62. The molecule has 0 unspecified atom stereocenters. The SMILES string of the molecule is O=C1C(=O)N(Cc2cccc(OC(F)(F)F)c2)c2c1cccc2C(F)(F)F. The molecule has 0 saturated heterocycles. The first-order chi connectivity index (χ1) is 12.5. The zero-order chi connectivity index (χ0) is 20.0. The van der Waals surface area contributed by atoms with Crippen LogP contribution in [0, 0.1) is 0 Å². The van der Waals surface area contributed by atoms with Crippen LogP contribution in [0.3, 0.4) is 0 Å². The van der Waals surface area contributed by atoms with Gasteiger partial charge in [0.05, 0.1) is 23.4 Å². The number of hydrogen-bond donors (Lipinski definition) is 0. The molecule has 2 aromatic carbocycles. The average molecular weight is 389 g/mol. The van der Waals surface area contributed by atoms with Crippen molar-refractivity contribution in [1.29, 1.82) is 0 Å². The average Bonchev–Trinajstić information content (AvgIpc) is 2.78. The van der Waals surface area contributed by atoms with E-state index in [1.54, 1.807) is 0 Å². The van der Waals surface area contributed by atoms with Crippen LogP contribution >= 0.6 is 0 Å². The number of rotatable bonds is 3. The van der Waals surface area contributed by atoms with E-state index in [0.717, 1.165) is 30.3 Å². The number of nitrogens with zero attached hydrogens (tertiary/aromatic N) is 1. The molecule has 0 fully saturated rings. The van der Waals surface area contributed by atoms with Gasteiger partial charge in [0.2, 0.25) is 0 Å². The molecule has 0 atom stereocenters. The molecule has 0 aromatic heterocycles. The molecule has 27 heavy (non-hydrogen) atoms. The Hall–Kier alpha value is -3.04. The molecule has 2 aromatic rings. The largest absolute Gasteiger partial charge is 0.573 e. The zero-order valence-electron chi connectivity index (χ0n) is 13.2. The number of ether oxygens (including phenoxy) is 1. The molecule has 1 amide bonds. The number of hydrogen-bond acceptors (Lipinski definition) is 3. The lowest BCUT2D eigenvalue weighted by Crippen LogP contribution is -2.30. The van der Waals surface area contributed by atoms with Crippen LogP contribution in [0.1, 0.15) is 21.5 Å². The van der Waals surface area contributed by atoms with Gasteiger partial charge in [-0.2, -0.15) is 13.2 Å². The molecule has 1 heterocycles. The molecular formula is C17H9F6NO3. The Balaban J connectivity index is 2.00. The molecule has 4 nitrogen and oxygen atoms in total. The first-order valence-electron chi connectivity index (χ1n) is 7.38. The van der Waals surface area contributed by atoms with Gasteiger partial charge in [0.15, 0.2) is 0 Å². The minimum Gasteiger partial charge on any atom is -0.406 e. The second-order valence-corrected chi connectivity index (χ2v) is 5.62. The number of alkyl halides is 6. The molecule has 1 aliphatic rings. The summed E-state index contributed by atoms with van der Waals surface area (Å²) in [6, 6.07) is 7.25. The Morgan fingerprint density at radius 2 is 1.59 bits per heavy atom. The fourth-order valence-electron chi connectivity index (χ4n) is 2.76. The highest BCUT2D eigenvalue weighted by molar-refractivity contribution is 6.52. The van der Waals surface area contributed by atoms with Crippen LogP contribution in [0.15, 0.2) is 42.5 Å². The first kappa shape index (κ1) is 18.7. The predicted molar refractivity (Wildman–Crippen MR) is 80.1 cm³/mol. The molecule has 142 valence electrons. The minimum absolute atomic E-state index is 0.0581. The van der Waals surface area contributed by atoms with Crippen LogP contribution in [0.5, 0.6) is 5.75 Å². The molecular weight excluding hydrogens is 380 g/mol. The van der Waals surface area contributed by atoms with Crippen LogP contribution in [0.4, 0.5) is 32.0 Å². The lowest BCUT2D eigenvalue weighted by atomic mass is 10.1. The Bertz CT molecular complexity index is 920. The van der Waals surface area contributed by atoms with Gasteiger partial charge >= 0.3 is 12.5 Å². The Labute approximate surface area is 147 Å². The summed E-state index contributed by atoms with van der Waals surface area (Å²) in [5, 5.41) is 0. The van der Waals surface area contributed by atoms with Crippen molar-refractivity contribution in [2.75, 3.05) is 4.90 Å². The number of Topliss-reactive ketones (excluding diaryl/α,β-unsaturated/α-hetero) is 1. The maximum Gasteiger partial charge on any atom is 0.573 e. The van der Waals surface area contributed by atoms with Crippen molar-refractivity contribution in [3.8, 4) is 5.75 Å². The number of carbonyl (C=O) groups excluding carboxylic acids is 2. The number of halogens is 6. The van der Waals surface area contributed by atoms with E-state index in [2.05, 4.69) is 4.74 Å². The topological polar surface area (TPSA) is 46.6 Å². The fourth-order valence-corrected chi connectivity index (χ4v) is 2.76. The summed E-state index contributed by atoms with van der Waals surface area (Å²) < 4.78 is 80.5. The van der Waals surface area contributed by atoms with Crippen molar-refractivity contribution in [1.82, 2.24) is 0 Å². The second kappa shape index (κ2) is 6.29. The van der Waals surface area contributed by atoms with Crippen molar-refractivity contribution >= 4 is 17.4 Å². The molecule has 10 heteroatoms. The van der Waals surface area contributed by atoms with Crippen molar-refractivity contribution in [2.45, 2.75) is 19.1 Å². The van der Waals surface area contributed by atoms with E-state index in [-0.39, 0.29) is 5.56 Å². The van der Waals surface area contributed by atoms with E-state index >= 15 is 0 Å². The number of amides is 1. The van der Waals surface area contributed by atoms with Gasteiger partial charge in [-0.25, -0.2) is 0 Å². The van der Waals surface area contributed by atoms with E-state index in [1.807, 2.05) is 0 Å². The number of carbonyl (C=O) groups is 2. The molecule has 0 spiro atoms. The van der Waals surface area contributed by atoms with E-state index in [0.29, 0.717) is 4.90 Å². The summed E-state index contributed by atoms with van der Waals surface area (Å²) in [7, 11) is 0. The van der Waals surface area contributed by atoms with Gasteiger partial charge in [0, 0.05) is 0 Å². The zero-order valence-corrected chi connectivity index (χ0v) is 13.2. The third kappa shape index (κ3) is 3.74. The fraction of sp³-hybridized carbons (Fsp3) is 0.176. The molecule has 3 rings (SSSR count). The maximum atomic E-state index is 13.3. The standard InChI is InChI=1S/C17H9F6NO3/c18-16(19,20)12-6-2-5-11-13(12)24(15(26)14(11)25)8-9-3-1-4-10(7-9)27-17(21,22)23/h1-7H,8H2.